The van der Waals surface area contributed by atoms with Crippen molar-refractivity contribution < 1.29 is 9.18 Å². The molecule has 0 atom stereocenters. The molecule has 0 unspecified atom stereocenters. The van der Waals surface area contributed by atoms with Crippen LogP contribution in [0, 0.1) is 19.7 Å². The van der Waals surface area contributed by atoms with E-state index in [1.807, 2.05) is 32.0 Å². The van der Waals surface area contributed by atoms with Crippen LogP contribution >= 0.6 is 23.7 Å². The van der Waals surface area contributed by atoms with E-state index >= 15 is 0 Å². The molecule has 1 amide bonds. The third kappa shape index (κ3) is 5.32. The number of hydrogen-bond acceptors (Lipinski definition) is 4. The first-order valence-electron chi connectivity index (χ1n) is 9.60. The molecule has 0 fully saturated rings. The summed E-state index contributed by atoms with van der Waals surface area (Å²) in [7, 11) is 0. The number of hydrogen-bond donors (Lipinski definition) is 0. The van der Waals surface area contributed by atoms with Crippen molar-refractivity contribution in [3.63, 3.8) is 0 Å². The van der Waals surface area contributed by atoms with Gasteiger partial charge in [-0.3, -0.25) is 9.69 Å². The second-order valence-corrected chi connectivity index (χ2v) is 7.92. The lowest BCUT2D eigenvalue weighted by Crippen LogP contribution is -2.39. The fraction of sp³-hybridized carbons (Fsp3) is 0.364. The minimum absolute atomic E-state index is 0. The van der Waals surface area contributed by atoms with E-state index in [4.69, 9.17) is 0 Å². The first-order chi connectivity index (χ1) is 13.4. The van der Waals surface area contributed by atoms with Crippen molar-refractivity contribution >= 4 is 45.0 Å². The first-order valence-corrected chi connectivity index (χ1v) is 10.4. The van der Waals surface area contributed by atoms with Gasteiger partial charge in [0.1, 0.15) is 5.82 Å². The van der Waals surface area contributed by atoms with Gasteiger partial charge >= 0.3 is 0 Å². The highest BCUT2D eigenvalue weighted by atomic mass is 35.5. The number of likely N-dealkylation sites (N-methyl/N-ethyl adjacent to an activating group) is 1. The van der Waals surface area contributed by atoms with E-state index in [0.717, 1.165) is 35.5 Å². The van der Waals surface area contributed by atoms with Gasteiger partial charge < -0.3 is 4.90 Å². The Morgan fingerprint density at radius 1 is 1.07 bits per heavy atom. The van der Waals surface area contributed by atoms with Gasteiger partial charge in [-0.1, -0.05) is 42.9 Å². The standard InChI is InChI=1S/C22H26FN3OS.ClH/c1-5-25(6-2)11-12-26(21(27)18-13-15(3)7-8-16(18)4)22-24-19-10-9-17(23)14-20(19)28-22;/h7-10,13-14H,5-6,11-12H2,1-4H3;1H. The molecule has 29 heavy (non-hydrogen) atoms. The number of fused-ring (bicyclic) bond motifs is 1. The highest BCUT2D eigenvalue weighted by molar-refractivity contribution is 7.22. The molecule has 0 aliphatic carbocycles. The summed E-state index contributed by atoms with van der Waals surface area (Å²) >= 11 is 1.35. The molecule has 4 nitrogen and oxygen atoms in total. The predicted molar refractivity (Wildman–Crippen MR) is 122 cm³/mol. The summed E-state index contributed by atoms with van der Waals surface area (Å²) in [5.41, 5.74) is 3.38. The lowest BCUT2D eigenvalue weighted by atomic mass is 10.0. The van der Waals surface area contributed by atoms with E-state index in [1.54, 1.807) is 11.0 Å². The zero-order valence-electron chi connectivity index (χ0n) is 17.2. The van der Waals surface area contributed by atoms with E-state index in [2.05, 4.69) is 23.7 Å². The van der Waals surface area contributed by atoms with Crippen molar-refractivity contribution in [2.75, 3.05) is 31.1 Å². The molecule has 0 radical (unpaired) electrons. The number of halogens is 2. The summed E-state index contributed by atoms with van der Waals surface area (Å²) < 4.78 is 14.4. The largest absolute Gasteiger partial charge is 0.302 e. The average molecular weight is 436 g/mol. The van der Waals surface area contributed by atoms with E-state index in [-0.39, 0.29) is 24.1 Å². The number of thiazole rings is 1. The molecule has 0 saturated carbocycles. The van der Waals surface area contributed by atoms with Crippen LogP contribution in [0.25, 0.3) is 10.2 Å². The fourth-order valence-electron chi connectivity index (χ4n) is 3.18. The molecule has 2 aromatic carbocycles. The van der Waals surface area contributed by atoms with Crippen LogP contribution in [0.1, 0.15) is 35.3 Å². The lowest BCUT2D eigenvalue weighted by molar-refractivity contribution is 0.0983. The van der Waals surface area contributed by atoms with Crippen molar-refractivity contribution in [1.82, 2.24) is 9.88 Å². The second kappa shape index (κ2) is 10.1. The average Bonchev–Trinajstić information content (AvgIpc) is 3.09. The Morgan fingerprint density at radius 3 is 2.48 bits per heavy atom. The second-order valence-electron chi connectivity index (χ2n) is 6.91. The Morgan fingerprint density at radius 2 is 1.79 bits per heavy atom. The number of aromatic nitrogens is 1. The van der Waals surface area contributed by atoms with Crippen molar-refractivity contribution in [2.45, 2.75) is 27.7 Å². The maximum absolute atomic E-state index is 13.6. The van der Waals surface area contributed by atoms with Gasteiger partial charge in [0.25, 0.3) is 5.91 Å². The number of carbonyl (C=O) groups is 1. The number of benzene rings is 2. The molecule has 0 aliphatic heterocycles. The van der Waals surface area contributed by atoms with Gasteiger partial charge in [0, 0.05) is 18.7 Å². The molecule has 7 heteroatoms. The van der Waals surface area contributed by atoms with Crippen LogP contribution in [0.2, 0.25) is 0 Å². The van der Waals surface area contributed by atoms with Crippen LogP contribution in [0.15, 0.2) is 36.4 Å². The Balaban J connectivity index is 0.00000300. The monoisotopic (exact) mass is 435 g/mol. The van der Waals surface area contributed by atoms with Gasteiger partial charge in [-0.2, -0.15) is 0 Å². The molecule has 0 N–H and O–H groups in total. The normalized spacial score (nSPS) is 11.0. The third-order valence-corrected chi connectivity index (χ3v) is 6.01. The Labute approximate surface area is 181 Å². The van der Waals surface area contributed by atoms with Gasteiger partial charge in [-0.25, -0.2) is 9.37 Å². The maximum atomic E-state index is 13.6. The Kier molecular flexibility index (Phi) is 8.14. The number of amides is 1. The van der Waals surface area contributed by atoms with E-state index < -0.39 is 0 Å². The van der Waals surface area contributed by atoms with Crippen LogP contribution in [0.4, 0.5) is 9.52 Å². The van der Waals surface area contributed by atoms with Gasteiger partial charge in [-0.05, 0) is 56.8 Å². The molecule has 1 heterocycles. The number of rotatable bonds is 7. The van der Waals surface area contributed by atoms with Crippen LogP contribution in [-0.4, -0.2) is 42.0 Å². The Hall–Kier alpha value is -2.02. The highest BCUT2D eigenvalue weighted by Gasteiger charge is 2.23. The maximum Gasteiger partial charge on any atom is 0.260 e. The summed E-state index contributed by atoms with van der Waals surface area (Å²) in [6, 6.07) is 10.4. The van der Waals surface area contributed by atoms with Gasteiger partial charge in [0.2, 0.25) is 0 Å². The van der Waals surface area contributed by atoms with Crippen LogP contribution in [0.5, 0.6) is 0 Å². The summed E-state index contributed by atoms with van der Waals surface area (Å²) in [6.07, 6.45) is 0. The van der Waals surface area contributed by atoms with Crippen LogP contribution in [-0.2, 0) is 0 Å². The highest BCUT2D eigenvalue weighted by Crippen LogP contribution is 2.30. The molecular weight excluding hydrogens is 409 g/mol. The number of carbonyl (C=O) groups excluding carboxylic acids is 1. The van der Waals surface area contributed by atoms with Gasteiger partial charge in [0.05, 0.1) is 10.2 Å². The third-order valence-electron chi connectivity index (χ3n) is 4.97. The predicted octanol–water partition coefficient (Wildman–Crippen LogP) is 5.46. The molecule has 0 aliphatic rings. The number of aryl methyl sites for hydroxylation is 2. The summed E-state index contributed by atoms with van der Waals surface area (Å²) in [5.74, 6) is -0.355. The van der Waals surface area contributed by atoms with Crippen molar-refractivity contribution in [2.24, 2.45) is 0 Å². The first kappa shape index (κ1) is 23.3. The van der Waals surface area contributed by atoms with Gasteiger partial charge in [0.15, 0.2) is 5.13 Å². The smallest absolute Gasteiger partial charge is 0.260 e. The van der Waals surface area contributed by atoms with Crippen LogP contribution in [0.3, 0.4) is 0 Å². The minimum atomic E-state index is -0.293. The lowest BCUT2D eigenvalue weighted by Gasteiger charge is -2.25. The van der Waals surface area contributed by atoms with Crippen molar-refractivity contribution in [3.8, 4) is 0 Å². The fourth-order valence-corrected chi connectivity index (χ4v) is 4.19. The number of anilines is 1. The Bertz CT molecular complexity index is 987. The summed E-state index contributed by atoms with van der Waals surface area (Å²) in [6.45, 7) is 11.3. The zero-order chi connectivity index (χ0) is 20.3. The molecular formula is C22H27ClFN3OS. The van der Waals surface area contributed by atoms with E-state index in [1.165, 1.54) is 23.5 Å². The minimum Gasteiger partial charge on any atom is -0.302 e. The van der Waals surface area contributed by atoms with Crippen molar-refractivity contribution in [3.05, 3.63) is 58.9 Å². The SMILES string of the molecule is CCN(CC)CCN(C(=O)c1cc(C)ccc1C)c1nc2ccc(F)cc2s1.Cl. The molecule has 3 aromatic rings. The molecule has 0 spiro atoms. The van der Waals surface area contributed by atoms with E-state index in [0.29, 0.717) is 22.8 Å². The quantitative estimate of drug-likeness (QED) is 0.494. The molecule has 0 bridgehead atoms. The topological polar surface area (TPSA) is 36.4 Å². The van der Waals surface area contributed by atoms with Gasteiger partial charge in [-0.15, -0.1) is 12.4 Å². The zero-order valence-corrected chi connectivity index (χ0v) is 18.9. The summed E-state index contributed by atoms with van der Waals surface area (Å²) in [4.78, 5) is 22.1. The van der Waals surface area contributed by atoms with Crippen LogP contribution < -0.4 is 4.90 Å². The molecule has 1 aromatic heterocycles. The van der Waals surface area contributed by atoms with E-state index in [9.17, 15) is 9.18 Å². The summed E-state index contributed by atoms with van der Waals surface area (Å²) in [5, 5.41) is 0.610. The molecule has 156 valence electrons. The molecule has 3 rings (SSSR count). The molecule has 0 saturated heterocycles. The number of nitrogens with zero attached hydrogens (tertiary/aromatic N) is 3. The van der Waals surface area contributed by atoms with Crippen molar-refractivity contribution in [1.29, 1.82) is 0 Å².